The van der Waals surface area contributed by atoms with Crippen molar-refractivity contribution in [3.8, 4) is 5.75 Å². The first kappa shape index (κ1) is 18.4. The fourth-order valence-electron chi connectivity index (χ4n) is 2.47. The number of pyridine rings is 1. The van der Waals surface area contributed by atoms with E-state index in [1.165, 1.54) is 24.4 Å². The summed E-state index contributed by atoms with van der Waals surface area (Å²) in [5.41, 5.74) is 1.67. The number of carbonyl (C=O) groups is 1. The molecule has 1 heterocycles. The summed E-state index contributed by atoms with van der Waals surface area (Å²) in [4.78, 5) is 36.5. The number of phenolic OH excluding ortho intramolecular Hbond substituents is 1. The van der Waals surface area contributed by atoms with Crippen LogP contribution in [0.3, 0.4) is 0 Å². The van der Waals surface area contributed by atoms with Crippen LogP contribution in [-0.4, -0.2) is 32.1 Å². The van der Waals surface area contributed by atoms with Crippen LogP contribution >= 0.6 is 0 Å². The standard InChI is InChI=1S/C17H11N5O6/c23-16-14(22(27)28)8-11(13-5-2-6-18-15(13)16)9-19-20-17(24)10-3-1-4-12(7-10)21(25)26/h1-9,23H,(H,20,24)/b19-9-. The molecule has 11 heteroatoms. The lowest BCUT2D eigenvalue weighted by Crippen LogP contribution is -2.17. The van der Waals surface area contributed by atoms with Gasteiger partial charge in [0.2, 0.25) is 5.75 Å². The van der Waals surface area contributed by atoms with Gasteiger partial charge in [-0.05, 0) is 12.1 Å². The minimum atomic E-state index is -0.761. The number of nitrogens with one attached hydrogen (secondary N) is 1. The molecule has 1 amide bonds. The van der Waals surface area contributed by atoms with Crippen molar-refractivity contribution in [2.24, 2.45) is 5.10 Å². The molecule has 2 aromatic carbocycles. The van der Waals surface area contributed by atoms with Crippen molar-refractivity contribution in [1.82, 2.24) is 10.4 Å². The van der Waals surface area contributed by atoms with E-state index in [4.69, 9.17) is 0 Å². The molecular formula is C17H11N5O6. The summed E-state index contributed by atoms with van der Waals surface area (Å²) >= 11 is 0. The smallest absolute Gasteiger partial charge is 0.313 e. The normalized spacial score (nSPS) is 10.9. The predicted molar refractivity (Wildman–Crippen MR) is 98.2 cm³/mol. The third-order valence-corrected chi connectivity index (χ3v) is 3.76. The number of carbonyl (C=O) groups excluding carboxylic acids is 1. The van der Waals surface area contributed by atoms with Gasteiger partial charge in [0.25, 0.3) is 11.6 Å². The number of fused-ring (bicyclic) bond motifs is 1. The second kappa shape index (κ2) is 7.45. The van der Waals surface area contributed by atoms with Gasteiger partial charge in [0, 0.05) is 40.9 Å². The van der Waals surface area contributed by atoms with Crippen molar-refractivity contribution in [3.05, 3.63) is 80.0 Å². The number of benzene rings is 2. The number of nitro benzene ring substituents is 2. The van der Waals surface area contributed by atoms with Gasteiger partial charge >= 0.3 is 5.69 Å². The fraction of sp³-hybridized carbons (Fsp3) is 0. The monoisotopic (exact) mass is 381 g/mol. The summed E-state index contributed by atoms with van der Waals surface area (Å²) < 4.78 is 0. The first-order valence-electron chi connectivity index (χ1n) is 7.71. The van der Waals surface area contributed by atoms with Gasteiger partial charge in [-0.3, -0.25) is 30.0 Å². The average Bonchev–Trinajstić information content (AvgIpc) is 2.69. The summed E-state index contributed by atoms with van der Waals surface area (Å²) in [7, 11) is 0. The molecule has 0 atom stereocenters. The summed E-state index contributed by atoms with van der Waals surface area (Å²) in [6, 6.07) is 9.33. The molecule has 2 N–H and O–H groups in total. The van der Waals surface area contributed by atoms with E-state index in [0.717, 1.165) is 18.3 Å². The molecule has 3 rings (SSSR count). The Kier molecular flexibility index (Phi) is 4.89. The first-order valence-corrected chi connectivity index (χ1v) is 7.71. The number of nitrogens with zero attached hydrogens (tertiary/aromatic N) is 4. The number of phenols is 1. The van der Waals surface area contributed by atoms with Crippen molar-refractivity contribution in [1.29, 1.82) is 0 Å². The summed E-state index contributed by atoms with van der Waals surface area (Å²) in [6.07, 6.45) is 2.53. The number of aromatic nitrogens is 1. The molecule has 0 aliphatic heterocycles. The highest BCUT2D eigenvalue weighted by atomic mass is 16.6. The number of aromatic hydroxyl groups is 1. The average molecular weight is 381 g/mol. The van der Waals surface area contributed by atoms with Crippen LogP contribution in [-0.2, 0) is 0 Å². The Labute approximate surface area is 156 Å². The quantitative estimate of drug-likeness (QED) is 0.390. The summed E-state index contributed by atoms with van der Waals surface area (Å²) in [6.45, 7) is 0. The number of hydrogen-bond donors (Lipinski definition) is 2. The van der Waals surface area contributed by atoms with E-state index in [-0.39, 0.29) is 22.3 Å². The largest absolute Gasteiger partial charge is 0.501 e. The first-order chi connectivity index (χ1) is 13.4. The number of hydrogen-bond acceptors (Lipinski definition) is 8. The molecule has 28 heavy (non-hydrogen) atoms. The van der Waals surface area contributed by atoms with Gasteiger partial charge in [0.15, 0.2) is 0 Å². The van der Waals surface area contributed by atoms with Crippen molar-refractivity contribution in [2.75, 3.05) is 0 Å². The molecule has 3 aromatic rings. The molecule has 0 saturated carbocycles. The molecule has 0 saturated heterocycles. The molecular weight excluding hydrogens is 370 g/mol. The summed E-state index contributed by atoms with van der Waals surface area (Å²) in [5, 5.41) is 36.0. The van der Waals surface area contributed by atoms with Gasteiger partial charge in [-0.2, -0.15) is 5.10 Å². The number of non-ortho nitro benzene ring substituents is 1. The highest BCUT2D eigenvalue weighted by molar-refractivity contribution is 6.03. The fourth-order valence-corrected chi connectivity index (χ4v) is 2.47. The van der Waals surface area contributed by atoms with Crippen LogP contribution in [0.15, 0.2) is 53.8 Å². The Morgan fingerprint density at radius 3 is 2.64 bits per heavy atom. The molecule has 0 fully saturated rings. The van der Waals surface area contributed by atoms with Gasteiger partial charge in [-0.15, -0.1) is 0 Å². The van der Waals surface area contributed by atoms with Crippen LogP contribution in [0.25, 0.3) is 10.9 Å². The maximum Gasteiger partial charge on any atom is 0.313 e. The topological polar surface area (TPSA) is 161 Å². The second-order valence-corrected chi connectivity index (χ2v) is 5.50. The lowest BCUT2D eigenvalue weighted by atomic mass is 10.1. The zero-order valence-corrected chi connectivity index (χ0v) is 14.0. The third kappa shape index (κ3) is 3.58. The predicted octanol–water partition coefficient (Wildman–Crippen LogP) is 2.52. The molecule has 0 aliphatic rings. The lowest BCUT2D eigenvalue weighted by molar-refractivity contribution is -0.385. The number of hydrazone groups is 1. The van der Waals surface area contributed by atoms with E-state index in [0.29, 0.717) is 5.39 Å². The van der Waals surface area contributed by atoms with Gasteiger partial charge in [0.1, 0.15) is 5.52 Å². The molecule has 1 aromatic heterocycles. The van der Waals surface area contributed by atoms with Gasteiger partial charge in [-0.1, -0.05) is 12.1 Å². The minimum absolute atomic E-state index is 0.0168. The number of amides is 1. The molecule has 0 aliphatic carbocycles. The van der Waals surface area contributed by atoms with Crippen LogP contribution in [0, 0.1) is 20.2 Å². The van der Waals surface area contributed by atoms with Crippen molar-refractivity contribution >= 4 is 34.4 Å². The van der Waals surface area contributed by atoms with E-state index in [9.17, 15) is 30.1 Å². The van der Waals surface area contributed by atoms with Crippen LogP contribution in [0.1, 0.15) is 15.9 Å². The highest BCUT2D eigenvalue weighted by Gasteiger charge is 2.20. The zero-order chi connectivity index (χ0) is 20.3. The Morgan fingerprint density at radius 1 is 1.14 bits per heavy atom. The van der Waals surface area contributed by atoms with Crippen molar-refractivity contribution < 1.29 is 19.7 Å². The Hall–Kier alpha value is -4.41. The molecule has 0 spiro atoms. The Morgan fingerprint density at radius 2 is 1.93 bits per heavy atom. The van der Waals surface area contributed by atoms with Crippen LogP contribution < -0.4 is 5.43 Å². The second-order valence-electron chi connectivity index (χ2n) is 5.50. The van der Waals surface area contributed by atoms with E-state index < -0.39 is 27.2 Å². The SMILES string of the molecule is O=C(N/N=C\c1cc([N+](=O)[O-])c(O)c2ncccc12)c1cccc([N+](=O)[O-])c1. The molecule has 11 nitrogen and oxygen atoms in total. The Bertz CT molecular complexity index is 1140. The van der Waals surface area contributed by atoms with E-state index in [2.05, 4.69) is 15.5 Å². The van der Waals surface area contributed by atoms with Gasteiger partial charge in [0.05, 0.1) is 16.1 Å². The van der Waals surface area contributed by atoms with Crippen LogP contribution in [0.4, 0.5) is 11.4 Å². The van der Waals surface area contributed by atoms with Gasteiger partial charge in [-0.25, -0.2) is 5.43 Å². The zero-order valence-electron chi connectivity index (χ0n) is 14.0. The number of nitro groups is 2. The van der Waals surface area contributed by atoms with E-state index in [1.807, 2.05) is 0 Å². The van der Waals surface area contributed by atoms with Crippen LogP contribution in [0.5, 0.6) is 5.75 Å². The summed E-state index contributed by atoms with van der Waals surface area (Å²) in [5.74, 6) is -1.27. The molecule has 140 valence electrons. The highest BCUT2D eigenvalue weighted by Crippen LogP contribution is 2.34. The molecule has 0 unspecified atom stereocenters. The van der Waals surface area contributed by atoms with E-state index in [1.54, 1.807) is 12.1 Å². The number of rotatable bonds is 5. The third-order valence-electron chi connectivity index (χ3n) is 3.76. The van der Waals surface area contributed by atoms with Gasteiger partial charge < -0.3 is 5.11 Å². The Balaban J connectivity index is 1.90. The molecule has 0 bridgehead atoms. The maximum absolute atomic E-state index is 12.1. The van der Waals surface area contributed by atoms with Crippen molar-refractivity contribution in [2.45, 2.75) is 0 Å². The van der Waals surface area contributed by atoms with E-state index >= 15 is 0 Å². The molecule has 0 radical (unpaired) electrons. The minimum Gasteiger partial charge on any atom is -0.501 e. The lowest BCUT2D eigenvalue weighted by Gasteiger charge is -2.05. The van der Waals surface area contributed by atoms with Crippen molar-refractivity contribution in [3.63, 3.8) is 0 Å². The maximum atomic E-state index is 12.1. The van der Waals surface area contributed by atoms with Crippen LogP contribution in [0.2, 0.25) is 0 Å².